The molecule has 0 fully saturated rings. The van der Waals surface area contributed by atoms with E-state index in [4.69, 9.17) is 4.52 Å². The zero-order chi connectivity index (χ0) is 14.6. The molecule has 6 nitrogen and oxygen atoms in total. The van der Waals surface area contributed by atoms with Gasteiger partial charge in [0, 0.05) is 6.42 Å². The SMILES string of the molecule is CCN(Cc1nc(CC(C)C)no1)C(C)(C)C(=O)O. The number of carboxylic acid groups (broad SMARTS) is 1. The molecule has 0 aromatic carbocycles. The second kappa shape index (κ2) is 6.14. The van der Waals surface area contributed by atoms with E-state index in [-0.39, 0.29) is 0 Å². The Morgan fingerprint density at radius 2 is 2.11 bits per heavy atom. The van der Waals surface area contributed by atoms with Crippen LogP contribution in [0.3, 0.4) is 0 Å². The van der Waals surface area contributed by atoms with E-state index in [0.29, 0.717) is 30.7 Å². The van der Waals surface area contributed by atoms with Crippen molar-refractivity contribution in [2.45, 2.75) is 53.1 Å². The fourth-order valence-corrected chi connectivity index (χ4v) is 1.81. The van der Waals surface area contributed by atoms with Gasteiger partial charge < -0.3 is 9.63 Å². The molecule has 1 aromatic heterocycles. The Hall–Kier alpha value is -1.43. The Kier molecular flexibility index (Phi) is 5.05. The van der Waals surface area contributed by atoms with Crippen LogP contribution in [0.4, 0.5) is 0 Å². The van der Waals surface area contributed by atoms with Crippen LogP contribution in [0.5, 0.6) is 0 Å². The van der Waals surface area contributed by atoms with Crippen LogP contribution in [-0.2, 0) is 17.8 Å². The maximum absolute atomic E-state index is 11.3. The third-order valence-electron chi connectivity index (χ3n) is 3.12. The normalized spacial score (nSPS) is 12.4. The van der Waals surface area contributed by atoms with Gasteiger partial charge in [0.2, 0.25) is 5.89 Å². The Morgan fingerprint density at radius 1 is 1.47 bits per heavy atom. The molecule has 1 aromatic rings. The first-order chi connectivity index (χ1) is 8.77. The van der Waals surface area contributed by atoms with E-state index < -0.39 is 11.5 Å². The second-order valence-electron chi connectivity index (χ2n) is 5.58. The molecule has 1 N–H and O–H groups in total. The van der Waals surface area contributed by atoms with Gasteiger partial charge in [-0.25, -0.2) is 0 Å². The zero-order valence-electron chi connectivity index (χ0n) is 12.3. The lowest BCUT2D eigenvalue weighted by molar-refractivity contribution is -0.149. The van der Waals surface area contributed by atoms with Gasteiger partial charge in [0.05, 0.1) is 6.54 Å². The van der Waals surface area contributed by atoms with Gasteiger partial charge >= 0.3 is 5.97 Å². The van der Waals surface area contributed by atoms with E-state index in [9.17, 15) is 9.90 Å². The van der Waals surface area contributed by atoms with Gasteiger partial charge in [-0.2, -0.15) is 4.98 Å². The topological polar surface area (TPSA) is 79.5 Å². The average Bonchev–Trinajstić information content (AvgIpc) is 2.71. The summed E-state index contributed by atoms with van der Waals surface area (Å²) < 4.78 is 5.18. The number of hydrogen-bond acceptors (Lipinski definition) is 5. The molecule has 0 atom stereocenters. The molecule has 0 spiro atoms. The van der Waals surface area contributed by atoms with Gasteiger partial charge in [-0.05, 0) is 26.3 Å². The molecular formula is C13H23N3O3. The third-order valence-corrected chi connectivity index (χ3v) is 3.12. The molecular weight excluding hydrogens is 246 g/mol. The highest BCUT2D eigenvalue weighted by Gasteiger charge is 2.34. The minimum atomic E-state index is -0.957. The van der Waals surface area contributed by atoms with Crippen molar-refractivity contribution in [3.63, 3.8) is 0 Å². The van der Waals surface area contributed by atoms with Crippen LogP contribution in [0.15, 0.2) is 4.52 Å². The molecule has 1 rings (SSSR count). The van der Waals surface area contributed by atoms with Crippen molar-refractivity contribution in [3.8, 4) is 0 Å². The van der Waals surface area contributed by atoms with E-state index >= 15 is 0 Å². The van der Waals surface area contributed by atoms with E-state index in [1.165, 1.54) is 0 Å². The Morgan fingerprint density at radius 3 is 2.58 bits per heavy atom. The van der Waals surface area contributed by atoms with Crippen molar-refractivity contribution in [1.29, 1.82) is 0 Å². The van der Waals surface area contributed by atoms with Crippen molar-refractivity contribution in [3.05, 3.63) is 11.7 Å². The predicted octanol–water partition coefficient (Wildman–Crippen LogP) is 1.95. The highest BCUT2D eigenvalue weighted by Crippen LogP contribution is 2.17. The summed E-state index contributed by atoms with van der Waals surface area (Å²) in [6.07, 6.45) is 0.762. The third kappa shape index (κ3) is 4.02. The zero-order valence-corrected chi connectivity index (χ0v) is 12.3. The van der Waals surface area contributed by atoms with E-state index in [2.05, 4.69) is 24.0 Å². The predicted molar refractivity (Wildman–Crippen MR) is 70.6 cm³/mol. The lowest BCUT2D eigenvalue weighted by Gasteiger charge is -2.32. The quantitative estimate of drug-likeness (QED) is 0.815. The van der Waals surface area contributed by atoms with Crippen molar-refractivity contribution in [2.24, 2.45) is 5.92 Å². The molecule has 0 saturated heterocycles. The summed E-state index contributed by atoms with van der Waals surface area (Å²) in [6.45, 7) is 10.4. The number of likely N-dealkylation sites (N-methyl/N-ethyl adjacent to an activating group) is 1. The number of nitrogens with zero attached hydrogens (tertiary/aromatic N) is 3. The van der Waals surface area contributed by atoms with Gasteiger partial charge in [0.15, 0.2) is 5.82 Å². The van der Waals surface area contributed by atoms with E-state index in [1.807, 2.05) is 6.92 Å². The fourth-order valence-electron chi connectivity index (χ4n) is 1.81. The van der Waals surface area contributed by atoms with Crippen molar-refractivity contribution < 1.29 is 14.4 Å². The van der Waals surface area contributed by atoms with Crippen LogP contribution in [0.1, 0.15) is 46.3 Å². The van der Waals surface area contributed by atoms with Crippen molar-refractivity contribution in [1.82, 2.24) is 15.0 Å². The molecule has 0 aliphatic heterocycles. The molecule has 0 bridgehead atoms. The Labute approximate surface area is 113 Å². The summed E-state index contributed by atoms with van der Waals surface area (Å²) in [5.41, 5.74) is -0.957. The lowest BCUT2D eigenvalue weighted by atomic mass is 10.0. The monoisotopic (exact) mass is 269 g/mol. The highest BCUT2D eigenvalue weighted by molar-refractivity contribution is 5.77. The number of aromatic nitrogens is 2. The lowest BCUT2D eigenvalue weighted by Crippen LogP contribution is -2.49. The number of carboxylic acids is 1. The minimum Gasteiger partial charge on any atom is -0.480 e. The molecule has 6 heteroatoms. The maximum atomic E-state index is 11.3. The number of aliphatic carboxylic acids is 1. The molecule has 0 radical (unpaired) electrons. The summed E-state index contributed by atoms with van der Waals surface area (Å²) in [7, 11) is 0. The molecule has 0 aliphatic rings. The number of hydrogen-bond donors (Lipinski definition) is 1. The summed E-state index contributed by atoms with van der Waals surface area (Å²) >= 11 is 0. The second-order valence-corrected chi connectivity index (χ2v) is 5.58. The minimum absolute atomic E-state index is 0.348. The van der Waals surface area contributed by atoms with Gasteiger partial charge in [-0.15, -0.1) is 0 Å². The Balaban J connectivity index is 2.76. The first-order valence-corrected chi connectivity index (χ1v) is 6.57. The van der Waals surface area contributed by atoms with Crippen LogP contribution < -0.4 is 0 Å². The maximum Gasteiger partial charge on any atom is 0.323 e. The Bertz CT molecular complexity index is 427. The van der Waals surface area contributed by atoms with Crippen LogP contribution >= 0.6 is 0 Å². The largest absolute Gasteiger partial charge is 0.480 e. The molecule has 108 valence electrons. The summed E-state index contributed by atoms with van der Waals surface area (Å²) in [6, 6.07) is 0. The molecule has 19 heavy (non-hydrogen) atoms. The van der Waals surface area contributed by atoms with Crippen LogP contribution in [-0.4, -0.2) is 38.2 Å². The van der Waals surface area contributed by atoms with Crippen molar-refractivity contribution >= 4 is 5.97 Å². The highest BCUT2D eigenvalue weighted by atomic mass is 16.5. The summed E-state index contributed by atoms with van der Waals surface area (Å²) in [4.78, 5) is 17.3. The van der Waals surface area contributed by atoms with Gasteiger partial charge in [-0.1, -0.05) is 25.9 Å². The van der Waals surface area contributed by atoms with Crippen LogP contribution in [0, 0.1) is 5.92 Å². The number of carbonyl (C=O) groups is 1. The van der Waals surface area contributed by atoms with Crippen LogP contribution in [0.2, 0.25) is 0 Å². The molecule has 0 aliphatic carbocycles. The number of rotatable bonds is 7. The molecule has 1 heterocycles. The molecule has 0 amide bonds. The summed E-state index contributed by atoms with van der Waals surface area (Å²) in [5, 5.41) is 13.1. The average molecular weight is 269 g/mol. The standard InChI is InChI=1S/C13H23N3O3/c1-6-16(13(4,5)12(17)18)8-11-14-10(15-19-11)7-9(2)3/h9H,6-8H2,1-5H3,(H,17,18). The first kappa shape index (κ1) is 15.6. The van der Waals surface area contributed by atoms with Gasteiger partial charge in [0.1, 0.15) is 5.54 Å². The van der Waals surface area contributed by atoms with Crippen molar-refractivity contribution in [2.75, 3.05) is 6.54 Å². The van der Waals surface area contributed by atoms with Gasteiger partial charge in [0.25, 0.3) is 0 Å². The first-order valence-electron chi connectivity index (χ1n) is 6.57. The molecule has 0 saturated carbocycles. The van der Waals surface area contributed by atoms with E-state index in [1.54, 1.807) is 18.7 Å². The summed E-state index contributed by atoms with van der Waals surface area (Å²) in [5.74, 6) is 0.737. The van der Waals surface area contributed by atoms with E-state index in [0.717, 1.165) is 6.42 Å². The smallest absolute Gasteiger partial charge is 0.323 e. The van der Waals surface area contributed by atoms with Gasteiger partial charge in [-0.3, -0.25) is 9.69 Å². The van der Waals surface area contributed by atoms with Crippen LogP contribution in [0.25, 0.3) is 0 Å². The molecule has 0 unspecified atom stereocenters. The fraction of sp³-hybridized carbons (Fsp3) is 0.769.